The van der Waals surface area contributed by atoms with Crippen LogP contribution < -0.4 is 5.56 Å². The highest BCUT2D eigenvalue weighted by Gasteiger charge is 2.24. The maximum atomic E-state index is 13.3. The maximum Gasteiger partial charge on any atom is 0.263 e. The first-order chi connectivity index (χ1) is 13.7. The van der Waals surface area contributed by atoms with E-state index in [1.54, 1.807) is 15.9 Å². The van der Waals surface area contributed by atoms with Crippen LogP contribution in [0.2, 0.25) is 0 Å². The van der Waals surface area contributed by atoms with Crippen molar-refractivity contribution in [1.29, 1.82) is 0 Å². The van der Waals surface area contributed by atoms with Crippen molar-refractivity contribution in [1.82, 2.24) is 9.55 Å². The molecule has 0 radical (unpaired) electrons. The van der Waals surface area contributed by atoms with Gasteiger partial charge in [0.1, 0.15) is 10.7 Å². The number of hydrogen-bond donors (Lipinski definition) is 0. The molecular weight excluding hydrogens is 364 g/mol. The lowest BCUT2D eigenvalue weighted by Gasteiger charge is -2.21. The zero-order chi connectivity index (χ0) is 19.5. The van der Waals surface area contributed by atoms with Crippen LogP contribution >= 0.6 is 11.3 Å². The fraction of sp³-hybridized carbons (Fsp3) is 0.167. The molecule has 2 aromatic carbocycles. The first kappa shape index (κ1) is 18.2. The first-order valence-corrected chi connectivity index (χ1v) is 10.1. The van der Waals surface area contributed by atoms with Crippen LogP contribution in [0.4, 0.5) is 0 Å². The third-order valence-corrected chi connectivity index (χ3v) is 6.03. The Labute approximate surface area is 168 Å². The molecule has 0 saturated heterocycles. The summed E-state index contributed by atoms with van der Waals surface area (Å²) in [5, 5.41) is 0.653. The molecule has 4 heteroatoms. The Hall–Kier alpha value is -3.16. The molecule has 0 saturated carbocycles. The van der Waals surface area contributed by atoms with Crippen LogP contribution in [-0.4, -0.2) is 9.55 Å². The summed E-state index contributed by atoms with van der Waals surface area (Å²) >= 11 is 1.58. The molecule has 3 nitrogen and oxygen atoms in total. The van der Waals surface area contributed by atoms with Gasteiger partial charge in [0.2, 0.25) is 0 Å². The smallest absolute Gasteiger partial charge is 0.263 e. The molecule has 0 N–H and O–H groups in total. The van der Waals surface area contributed by atoms with Crippen LogP contribution in [0.5, 0.6) is 0 Å². The van der Waals surface area contributed by atoms with E-state index in [1.165, 1.54) is 0 Å². The van der Waals surface area contributed by atoms with Crippen LogP contribution in [-0.2, 0) is 13.0 Å². The Morgan fingerprint density at radius 1 is 1.07 bits per heavy atom. The molecule has 138 valence electrons. The highest BCUT2D eigenvalue weighted by molar-refractivity contribution is 7.18. The molecule has 0 aliphatic rings. The van der Waals surface area contributed by atoms with Crippen LogP contribution in [0, 0.1) is 12.3 Å². The van der Waals surface area contributed by atoms with Gasteiger partial charge in [0, 0.05) is 4.88 Å². The topological polar surface area (TPSA) is 34.9 Å². The molecule has 4 aromatic rings. The molecular formula is C24H20N2OS. The van der Waals surface area contributed by atoms with Gasteiger partial charge in [0.25, 0.3) is 5.56 Å². The fourth-order valence-electron chi connectivity index (χ4n) is 3.50. The number of nitrogens with zero attached hydrogens (tertiary/aromatic N) is 2. The van der Waals surface area contributed by atoms with Crippen LogP contribution in [0.15, 0.2) is 71.5 Å². The molecule has 2 aromatic heterocycles. The second kappa shape index (κ2) is 7.84. The Morgan fingerprint density at radius 2 is 1.68 bits per heavy atom. The number of aromatic nitrogens is 2. The number of rotatable bonds is 5. The van der Waals surface area contributed by atoms with Crippen molar-refractivity contribution in [2.45, 2.75) is 25.8 Å². The predicted molar refractivity (Wildman–Crippen MR) is 116 cm³/mol. The van der Waals surface area contributed by atoms with E-state index in [0.29, 0.717) is 11.2 Å². The summed E-state index contributed by atoms with van der Waals surface area (Å²) in [6, 6.07) is 22.2. The quantitative estimate of drug-likeness (QED) is 0.462. The van der Waals surface area contributed by atoms with E-state index in [-0.39, 0.29) is 18.0 Å². The Bertz CT molecular complexity index is 1160. The molecule has 0 aliphatic carbocycles. The largest absolute Gasteiger partial charge is 0.283 e. The van der Waals surface area contributed by atoms with Crippen molar-refractivity contribution in [3.63, 3.8) is 0 Å². The van der Waals surface area contributed by atoms with Crippen molar-refractivity contribution >= 4 is 21.6 Å². The molecule has 28 heavy (non-hydrogen) atoms. The first-order valence-electron chi connectivity index (χ1n) is 9.29. The SMILES string of the molecule is C#CCn1c(C(c2ccccc2)c2ccccc2)nc2sc(CC)cc2c1=O. The van der Waals surface area contributed by atoms with Crippen LogP contribution in [0.3, 0.4) is 0 Å². The zero-order valence-corrected chi connectivity index (χ0v) is 16.4. The lowest BCUT2D eigenvalue weighted by molar-refractivity contribution is 0.685. The van der Waals surface area contributed by atoms with E-state index in [2.05, 4.69) is 37.1 Å². The lowest BCUT2D eigenvalue weighted by atomic mass is 9.90. The van der Waals surface area contributed by atoms with E-state index in [4.69, 9.17) is 11.4 Å². The molecule has 0 amide bonds. The number of aryl methyl sites for hydroxylation is 1. The number of thiophene rings is 1. The summed E-state index contributed by atoms with van der Waals surface area (Å²) < 4.78 is 1.65. The minimum absolute atomic E-state index is 0.0641. The predicted octanol–water partition coefficient (Wildman–Crippen LogP) is 4.83. The Morgan fingerprint density at radius 3 is 2.21 bits per heavy atom. The average Bonchev–Trinajstić information content (AvgIpc) is 3.16. The number of hydrogen-bond acceptors (Lipinski definition) is 3. The second-order valence-electron chi connectivity index (χ2n) is 6.60. The van der Waals surface area contributed by atoms with E-state index < -0.39 is 0 Å². The van der Waals surface area contributed by atoms with E-state index in [0.717, 1.165) is 27.3 Å². The van der Waals surface area contributed by atoms with Gasteiger partial charge in [-0.15, -0.1) is 17.8 Å². The van der Waals surface area contributed by atoms with Crippen molar-refractivity contribution in [2.24, 2.45) is 0 Å². The lowest BCUT2D eigenvalue weighted by Crippen LogP contribution is -2.27. The average molecular weight is 385 g/mol. The van der Waals surface area contributed by atoms with Gasteiger partial charge in [0.05, 0.1) is 17.8 Å². The summed E-state index contributed by atoms with van der Waals surface area (Å²) in [5.74, 6) is 3.16. The van der Waals surface area contributed by atoms with Gasteiger partial charge in [-0.2, -0.15) is 0 Å². The van der Waals surface area contributed by atoms with Gasteiger partial charge < -0.3 is 0 Å². The molecule has 4 rings (SSSR count). The molecule has 0 fully saturated rings. The summed E-state index contributed by atoms with van der Waals surface area (Å²) in [6.07, 6.45) is 6.50. The molecule has 0 bridgehead atoms. The number of benzene rings is 2. The third kappa shape index (κ3) is 3.26. The summed E-state index contributed by atoms with van der Waals surface area (Å²) in [7, 11) is 0. The number of terminal acetylenes is 1. The van der Waals surface area contributed by atoms with Crippen molar-refractivity contribution in [3.8, 4) is 12.3 Å². The van der Waals surface area contributed by atoms with Gasteiger partial charge >= 0.3 is 0 Å². The minimum atomic E-state index is -0.167. The highest BCUT2D eigenvalue weighted by atomic mass is 32.1. The van der Waals surface area contributed by atoms with Gasteiger partial charge in [-0.05, 0) is 23.6 Å². The van der Waals surface area contributed by atoms with E-state index >= 15 is 0 Å². The molecule has 0 spiro atoms. The van der Waals surface area contributed by atoms with Gasteiger partial charge in [-0.3, -0.25) is 9.36 Å². The summed E-state index contributed by atoms with van der Waals surface area (Å²) in [5.41, 5.74) is 2.10. The van der Waals surface area contributed by atoms with Crippen molar-refractivity contribution < 1.29 is 0 Å². The minimum Gasteiger partial charge on any atom is -0.283 e. The van der Waals surface area contributed by atoms with Crippen LogP contribution in [0.1, 0.15) is 34.7 Å². The molecule has 2 heterocycles. The van der Waals surface area contributed by atoms with Crippen molar-refractivity contribution in [3.05, 3.63) is 98.9 Å². The van der Waals surface area contributed by atoms with E-state index in [9.17, 15) is 4.79 Å². The second-order valence-corrected chi connectivity index (χ2v) is 7.72. The molecule has 0 aliphatic heterocycles. The monoisotopic (exact) mass is 384 g/mol. The number of fused-ring (bicyclic) bond motifs is 1. The Balaban J connectivity index is 2.04. The molecule has 0 unspecified atom stereocenters. The van der Waals surface area contributed by atoms with Gasteiger partial charge in [-0.1, -0.05) is 73.5 Å². The third-order valence-electron chi connectivity index (χ3n) is 4.85. The Kier molecular flexibility index (Phi) is 5.10. The summed E-state index contributed by atoms with van der Waals surface area (Å²) in [6.45, 7) is 2.28. The van der Waals surface area contributed by atoms with Crippen LogP contribution in [0.25, 0.3) is 10.2 Å². The van der Waals surface area contributed by atoms with E-state index in [1.807, 2.05) is 42.5 Å². The highest BCUT2D eigenvalue weighted by Crippen LogP contribution is 2.32. The summed E-state index contributed by atoms with van der Waals surface area (Å²) in [4.78, 5) is 20.2. The normalized spacial score (nSPS) is 11.0. The fourth-order valence-corrected chi connectivity index (χ4v) is 4.47. The standard InChI is InChI=1S/C24H20N2OS/c1-3-15-26-22(25-23-20(24(26)27)16-19(4-2)28-23)21(17-11-7-5-8-12-17)18-13-9-6-10-14-18/h1,5-14,16,21H,4,15H2,2H3. The van der Waals surface area contributed by atoms with Crippen molar-refractivity contribution in [2.75, 3.05) is 0 Å². The zero-order valence-electron chi connectivity index (χ0n) is 15.6. The van der Waals surface area contributed by atoms with Gasteiger partial charge in [0.15, 0.2) is 0 Å². The maximum absolute atomic E-state index is 13.3. The molecule has 0 atom stereocenters. The van der Waals surface area contributed by atoms with Gasteiger partial charge in [-0.25, -0.2) is 4.98 Å².